The SMILES string of the molecule is CCNC(=NCc1cc(C(C)C)no1)NCCN1CCCCC1CC. The maximum absolute atomic E-state index is 5.36. The normalized spacial score (nSPS) is 19.4. The lowest BCUT2D eigenvalue weighted by Gasteiger charge is -2.35. The van der Waals surface area contributed by atoms with E-state index in [0.717, 1.165) is 43.1 Å². The minimum absolute atomic E-state index is 0.379. The zero-order valence-corrected chi connectivity index (χ0v) is 16.3. The van der Waals surface area contributed by atoms with Gasteiger partial charge in [-0.2, -0.15) is 0 Å². The largest absolute Gasteiger partial charge is 0.359 e. The third kappa shape index (κ3) is 6.34. The molecule has 1 aromatic heterocycles. The van der Waals surface area contributed by atoms with Crippen LogP contribution in [0.15, 0.2) is 15.6 Å². The van der Waals surface area contributed by atoms with E-state index in [0.29, 0.717) is 12.5 Å². The topological polar surface area (TPSA) is 65.7 Å². The van der Waals surface area contributed by atoms with Crippen LogP contribution in [-0.2, 0) is 6.54 Å². The van der Waals surface area contributed by atoms with Gasteiger partial charge in [0.15, 0.2) is 11.7 Å². The van der Waals surface area contributed by atoms with E-state index in [9.17, 15) is 0 Å². The monoisotopic (exact) mass is 349 g/mol. The molecule has 25 heavy (non-hydrogen) atoms. The predicted molar refractivity (Wildman–Crippen MR) is 103 cm³/mol. The molecule has 6 heteroatoms. The number of aromatic nitrogens is 1. The van der Waals surface area contributed by atoms with Crippen molar-refractivity contribution in [1.82, 2.24) is 20.7 Å². The fourth-order valence-electron chi connectivity index (χ4n) is 3.31. The summed E-state index contributed by atoms with van der Waals surface area (Å²) in [6.45, 7) is 13.2. The maximum Gasteiger partial charge on any atom is 0.191 e. The van der Waals surface area contributed by atoms with Gasteiger partial charge in [0.25, 0.3) is 0 Å². The molecule has 1 saturated heterocycles. The Bertz CT molecular complexity index is 526. The molecule has 1 atom stereocenters. The van der Waals surface area contributed by atoms with E-state index in [1.807, 2.05) is 6.07 Å². The molecule has 2 heterocycles. The van der Waals surface area contributed by atoms with Crippen LogP contribution in [0.25, 0.3) is 0 Å². The van der Waals surface area contributed by atoms with E-state index in [2.05, 4.69) is 53.4 Å². The lowest BCUT2D eigenvalue weighted by molar-refractivity contribution is 0.147. The molecule has 2 N–H and O–H groups in total. The summed E-state index contributed by atoms with van der Waals surface area (Å²) in [5, 5.41) is 10.8. The van der Waals surface area contributed by atoms with Gasteiger partial charge in [-0.05, 0) is 38.6 Å². The molecule has 0 bridgehead atoms. The Hall–Kier alpha value is -1.56. The Balaban J connectivity index is 1.82. The smallest absolute Gasteiger partial charge is 0.191 e. The Morgan fingerprint density at radius 2 is 2.20 bits per heavy atom. The maximum atomic E-state index is 5.36. The molecule has 1 aliphatic heterocycles. The molecule has 2 rings (SSSR count). The van der Waals surface area contributed by atoms with Crippen molar-refractivity contribution < 1.29 is 4.52 Å². The van der Waals surface area contributed by atoms with Crippen LogP contribution in [0, 0.1) is 0 Å². The molecule has 1 aromatic rings. The summed E-state index contributed by atoms with van der Waals surface area (Å²) in [5.74, 6) is 2.03. The van der Waals surface area contributed by atoms with E-state index >= 15 is 0 Å². The fourth-order valence-corrected chi connectivity index (χ4v) is 3.31. The van der Waals surface area contributed by atoms with Gasteiger partial charge in [0.2, 0.25) is 0 Å². The highest BCUT2D eigenvalue weighted by atomic mass is 16.5. The van der Waals surface area contributed by atoms with E-state index in [-0.39, 0.29) is 0 Å². The quantitative estimate of drug-likeness (QED) is 0.558. The average molecular weight is 350 g/mol. The van der Waals surface area contributed by atoms with Crippen molar-refractivity contribution in [3.63, 3.8) is 0 Å². The van der Waals surface area contributed by atoms with Gasteiger partial charge in [-0.3, -0.25) is 4.90 Å². The second-order valence-electron chi connectivity index (χ2n) is 7.09. The summed E-state index contributed by atoms with van der Waals surface area (Å²) in [4.78, 5) is 7.24. The number of nitrogens with one attached hydrogen (secondary N) is 2. The van der Waals surface area contributed by atoms with Gasteiger partial charge in [0, 0.05) is 31.7 Å². The third-order valence-corrected chi connectivity index (χ3v) is 4.82. The first-order valence-corrected chi connectivity index (χ1v) is 9.85. The second-order valence-corrected chi connectivity index (χ2v) is 7.09. The van der Waals surface area contributed by atoms with Crippen LogP contribution < -0.4 is 10.6 Å². The Morgan fingerprint density at radius 3 is 2.88 bits per heavy atom. The van der Waals surface area contributed by atoms with Crippen LogP contribution in [0.1, 0.15) is 70.8 Å². The van der Waals surface area contributed by atoms with Crippen molar-refractivity contribution in [2.45, 2.75) is 71.9 Å². The summed E-state index contributed by atoms with van der Waals surface area (Å²) in [5.41, 5.74) is 0.985. The van der Waals surface area contributed by atoms with E-state index < -0.39 is 0 Å². The highest BCUT2D eigenvalue weighted by Gasteiger charge is 2.19. The van der Waals surface area contributed by atoms with Gasteiger partial charge in [-0.15, -0.1) is 0 Å². The van der Waals surface area contributed by atoms with Crippen molar-refractivity contribution in [1.29, 1.82) is 0 Å². The average Bonchev–Trinajstić information content (AvgIpc) is 3.09. The van der Waals surface area contributed by atoms with Gasteiger partial charge < -0.3 is 15.2 Å². The first-order valence-electron chi connectivity index (χ1n) is 9.85. The molecule has 1 unspecified atom stereocenters. The minimum atomic E-state index is 0.379. The number of aliphatic imine (C=N–C) groups is 1. The van der Waals surface area contributed by atoms with Gasteiger partial charge in [-0.25, -0.2) is 4.99 Å². The lowest BCUT2D eigenvalue weighted by Crippen LogP contribution is -2.45. The third-order valence-electron chi connectivity index (χ3n) is 4.82. The zero-order valence-electron chi connectivity index (χ0n) is 16.3. The van der Waals surface area contributed by atoms with Crippen molar-refractivity contribution in [3.05, 3.63) is 17.5 Å². The van der Waals surface area contributed by atoms with E-state index in [1.165, 1.54) is 32.2 Å². The standard InChI is InChI=1S/C19H35N5O/c1-5-16-9-7-8-11-24(16)12-10-21-19(20-6-2)22-14-17-13-18(15(3)4)23-25-17/h13,15-16H,5-12,14H2,1-4H3,(H2,20,21,22). The Labute approximate surface area is 152 Å². The van der Waals surface area contributed by atoms with Crippen LogP contribution in [0.3, 0.4) is 0 Å². The molecule has 0 radical (unpaired) electrons. The van der Waals surface area contributed by atoms with Crippen LogP contribution in [-0.4, -0.2) is 48.2 Å². The zero-order chi connectivity index (χ0) is 18.1. The van der Waals surface area contributed by atoms with Gasteiger partial charge >= 0.3 is 0 Å². The number of hydrogen-bond donors (Lipinski definition) is 2. The fraction of sp³-hybridized carbons (Fsp3) is 0.789. The highest BCUT2D eigenvalue weighted by molar-refractivity contribution is 5.79. The van der Waals surface area contributed by atoms with Gasteiger partial charge in [0.05, 0.1) is 5.69 Å². The van der Waals surface area contributed by atoms with Crippen molar-refractivity contribution >= 4 is 5.96 Å². The minimum Gasteiger partial charge on any atom is -0.359 e. The molecule has 0 aliphatic carbocycles. The summed E-state index contributed by atoms with van der Waals surface area (Å²) in [6, 6.07) is 2.75. The molecule has 6 nitrogen and oxygen atoms in total. The Kier molecular flexibility index (Phi) is 8.25. The first kappa shape index (κ1) is 19.8. The Morgan fingerprint density at radius 1 is 1.36 bits per heavy atom. The van der Waals surface area contributed by atoms with Gasteiger partial charge in [-0.1, -0.05) is 32.3 Å². The van der Waals surface area contributed by atoms with Crippen molar-refractivity contribution in [2.24, 2.45) is 4.99 Å². The molecule has 0 amide bonds. The van der Waals surface area contributed by atoms with Crippen LogP contribution in [0.2, 0.25) is 0 Å². The van der Waals surface area contributed by atoms with Crippen molar-refractivity contribution in [3.8, 4) is 0 Å². The second kappa shape index (κ2) is 10.4. The summed E-state index contributed by atoms with van der Waals surface area (Å²) in [7, 11) is 0. The molecule has 1 fully saturated rings. The number of nitrogens with zero attached hydrogens (tertiary/aromatic N) is 3. The predicted octanol–water partition coefficient (Wildman–Crippen LogP) is 3.12. The number of guanidine groups is 1. The number of rotatable bonds is 8. The molecular weight excluding hydrogens is 314 g/mol. The number of piperidine rings is 1. The molecule has 0 saturated carbocycles. The first-order chi connectivity index (χ1) is 12.1. The molecule has 0 aromatic carbocycles. The highest BCUT2D eigenvalue weighted by Crippen LogP contribution is 2.18. The van der Waals surface area contributed by atoms with E-state index in [4.69, 9.17) is 4.52 Å². The lowest BCUT2D eigenvalue weighted by atomic mass is 10.0. The van der Waals surface area contributed by atoms with Crippen LogP contribution >= 0.6 is 0 Å². The van der Waals surface area contributed by atoms with Crippen LogP contribution in [0.4, 0.5) is 0 Å². The summed E-state index contributed by atoms with van der Waals surface area (Å²) < 4.78 is 5.36. The molecule has 0 spiro atoms. The number of likely N-dealkylation sites (tertiary alicyclic amines) is 1. The van der Waals surface area contributed by atoms with Gasteiger partial charge in [0.1, 0.15) is 6.54 Å². The molecule has 1 aliphatic rings. The molecular formula is C19H35N5O. The molecule has 142 valence electrons. The number of hydrogen-bond acceptors (Lipinski definition) is 4. The van der Waals surface area contributed by atoms with Crippen molar-refractivity contribution in [2.75, 3.05) is 26.2 Å². The van der Waals surface area contributed by atoms with Crippen LogP contribution in [0.5, 0.6) is 0 Å². The summed E-state index contributed by atoms with van der Waals surface area (Å²) in [6.07, 6.45) is 5.29. The summed E-state index contributed by atoms with van der Waals surface area (Å²) >= 11 is 0. The van der Waals surface area contributed by atoms with E-state index in [1.54, 1.807) is 0 Å².